The van der Waals surface area contributed by atoms with Gasteiger partial charge in [0.1, 0.15) is 0 Å². The molecule has 1 aliphatic heterocycles. The molecule has 0 bridgehead atoms. The maximum Gasteiger partial charge on any atom is 0.220 e. The van der Waals surface area contributed by atoms with Gasteiger partial charge in [0.2, 0.25) is 5.82 Å². The summed E-state index contributed by atoms with van der Waals surface area (Å²) in [4.78, 5) is 2.34. The van der Waals surface area contributed by atoms with Crippen LogP contribution < -0.4 is 4.90 Å². The van der Waals surface area contributed by atoms with Gasteiger partial charge in [-0.2, -0.15) is 4.52 Å². The largest absolute Gasteiger partial charge is 0.461 e. The minimum atomic E-state index is 0.615. The predicted molar refractivity (Wildman–Crippen MR) is 107 cm³/mol. The second-order valence-corrected chi connectivity index (χ2v) is 7.05. The van der Waals surface area contributed by atoms with Crippen molar-refractivity contribution < 1.29 is 4.42 Å². The van der Waals surface area contributed by atoms with Gasteiger partial charge >= 0.3 is 0 Å². The maximum atomic E-state index is 5.55. The zero-order chi connectivity index (χ0) is 18.5. The van der Waals surface area contributed by atoms with Gasteiger partial charge in [-0.25, -0.2) is 0 Å². The first-order chi connectivity index (χ1) is 13.9. The standard InChI is InChI=1S/C22H17N5O/c1-2-7-16-14-26(12-11-15(16)6-1)21-18-9-4-3-8-17(18)20-23-24-22(27(20)25-21)19-10-5-13-28-19/h1-10,13H,11-12,14H2. The van der Waals surface area contributed by atoms with E-state index in [1.807, 2.05) is 24.3 Å². The molecule has 0 fully saturated rings. The molecule has 28 heavy (non-hydrogen) atoms. The van der Waals surface area contributed by atoms with Crippen molar-refractivity contribution in [3.63, 3.8) is 0 Å². The van der Waals surface area contributed by atoms with Crippen molar-refractivity contribution >= 4 is 22.2 Å². The van der Waals surface area contributed by atoms with Crippen LogP contribution in [0.4, 0.5) is 5.82 Å². The van der Waals surface area contributed by atoms with Crippen LogP contribution in [0.1, 0.15) is 11.1 Å². The summed E-state index contributed by atoms with van der Waals surface area (Å²) < 4.78 is 7.36. The number of benzene rings is 2. The van der Waals surface area contributed by atoms with E-state index in [1.165, 1.54) is 11.1 Å². The monoisotopic (exact) mass is 367 g/mol. The molecule has 0 atom stereocenters. The quantitative estimate of drug-likeness (QED) is 0.470. The molecule has 0 N–H and O–H groups in total. The van der Waals surface area contributed by atoms with E-state index < -0.39 is 0 Å². The number of nitrogens with zero attached hydrogens (tertiary/aromatic N) is 5. The summed E-state index contributed by atoms with van der Waals surface area (Å²) in [6.07, 6.45) is 2.65. The molecule has 0 aliphatic carbocycles. The molecule has 6 nitrogen and oxygen atoms in total. The van der Waals surface area contributed by atoms with Crippen LogP contribution >= 0.6 is 0 Å². The Kier molecular flexibility index (Phi) is 3.25. The van der Waals surface area contributed by atoms with Gasteiger partial charge in [-0.3, -0.25) is 0 Å². The third-order valence-corrected chi connectivity index (χ3v) is 5.42. The van der Waals surface area contributed by atoms with Gasteiger partial charge in [0, 0.05) is 23.9 Å². The second-order valence-electron chi connectivity index (χ2n) is 7.05. The number of aromatic nitrogens is 4. The van der Waals surface area contributed by atoms with Gasteiger partial charge in [0.15, 0.2) is 17.2 Å². The number of anilines is 1. The average molecular weight is 367 g/mol. The van der Waals surface area contributed by atoms with Gasteiger partial charge in [0.25, 0.3) is 0 Å². The van der Waals surface area contributed by atoms with Crippen molar-refractivity contribution in [3.8, 4) is 11.6 Å². The van der Waals surface area contributed by atoms with Crippen LogP contribution in [0.15, 0.2) is 71.3 Å². The number of hydrogen-bond acceptors (Lipinski definition) is 5. The van der Waals surface area contributed by atoms with Crippen LogP contribution in [0.2, 0.25) is 0 Å². The van der Waals surface area contributed by atoms with E-state index in [2.05, 4.69) is 51.5 Å². The second kappa shape index (κ2) is 5.92. The molecule has 6 heteroatoms. The molecule has 0 saturated heterocycles. The van der Waals surface area contributed by atoms with Gasteiger partial charge in [-0.15, -0.1) is 15.3 Å². The molecule has 1 aliphatic rings. The molecule has 136 valence electrons. The summed E-state index contributed by atoms with van der Waals surface area (Å²) in [6, 6.07) is 20.6. The summed E-state index contributed by atoms with van der Waals surface area (Å²) in [5, 5.41) is 15.8. The normalized spacial score (nSPS) is 13.9. The average Bonchev–Trinajstić information content (AvgIpc) is 3.42. The maximum absolute atomic E-state index is 5.55. The highest BCUT2D eigenvalue weighted by Gasteiger charge is 2.22. The Labute approximate surface area is 161 Å². The van der Waals surface area contributed by atoms with Gasteiger partial charge < -0.3 is 9.32 Å². The first-order valence-electron chi connectivity index (χ1n) is 9.38. The molecular formula is C22H17N5O. The number of rotatable bonds is 2. The Bertz CT molecular complexity index is 1310. The van der Waals surface area contributed by atoms with Crippen LogP contribution in [0.5, 0.6) is 0 Å². The van der Waals surface area contributed by atoms with Crippen molar-refractivity contribution in [2.24, 2.45) is 0 Å². The lowest BCUT2D eigenvalue weighted by Crippen LogP contribution is -2.31. The van der Waals surface area contributed by atoms with E-state index in [0.717, 1.165) is 41.7 Å². The summed E-state index contributed by atoms with van der Waals surface area (Å²) >= 11 is 0. The van der Waals surface area contributed by atoms with Crippen LogP contribution in [0, 0.1) is 0 Å². The summed E-state index contributed by atoms with van der Waals surface area (Å²) in [6.45, 7) is 1.77. The van der Waals surface area contributed by atoms with Crippen molar-refractivity contribution in [1.29, 1.82) is 0 Å². The molecule has 0 radical (unpaired) electrons. The molecular weight excluding hydrogens is 350 g/mol. The Hall–Kier alpha value is -3.67. The molecule has 0 amide bonds. The molecule has 0 saturated carbocycles. The Morgan fingerprint density at radius 2 is 1.64 bits per heavy atom. The van der Waals surface area contributed by atoms with Crippen molar-refractivity contribution in [2.45, 2.75) is 13.0 Å². The SMILES string of the molecule is c1coc(-c2nnc3c4ccccc4c(N4CCc5ccccc5C4)nn23)c1. The highest BCUT2D eigenvalue weighted by molar-refractivity contribution is 6.00. The van der Waals surface area contributed by atoms with Crippen LogP contribution in [-0.2, 0) is 13.0 Å². The number of furan rings is 1. The first-order valence-corrected chi connectivity index (χ1v) is 9.38. The summed E-state index contributed by atoms with van der Waals surface area (Å²) in [5.41, 5.74) is 3.52. The van der Waals surface area contributed by atoms with Crippen molar-refractivity contribution in [1.82, 2.24) is 19.8 Å². The Morgan fingerprint density at radius 3 is 2.50 bits per heavy atom. The molecule has 4 heterocycles. The number of fused-ring (bicyclic) bond motifs is 4. The summed E-state index contributed by atoms with van der Waals surface area (Å²) in [7, 11) is 0. The molecule has 0 unspecified atom stereocenters. The van der Waals surface area contributed by atoms with E-state index in [-0.39, 0.29) is 0 Å². The Morgan fingerprint density at radius 1 is 0.821 bits per heavy atom. The topological polar surface area (TPSA) is 59.5 Å². The molecule has 2 aromatic carbocycles. The van der Waals surface area contributed by atoms with Crippen LogP contribution in [-0.4, -0.2) is 26.4 Å². The molecule has 0 spiro atoms. The summed E-state index contributed by atoms with van der Waals surface area (Å²) in [5.74, 6) is 2.22. The lowest BCUT2D eigenvalue weighted by atomic mass is 9.99. The van der Waals surface area contributed by atoms with E-state index in [0.29, 0.717) is 11.6 Å². The first kappa shape index (κ1) is 15.4. The van der Waals surface area contributed by atoms with Gasteiger partial charge in [-0.1, -0.05) is 48.5 Å². The van der Waals surface area contributed by atoms with Crippen LogP contribution in [0.3, 0.4) is 0 Å². The van der Waals surface area contributed by atoms with Crippen molar-refractivity contribution in [3.05, 3.63) is 78.1 Å². The fraction of sp³-hybridized carbons (Fsp3) is 0.136. The van der Waals surface area contributed by atoms with E-state index in [4.69, 9.17) is 9.52 Å². The fourth-order valence-corrected chi connectivity index (χ4v) is 4.03. The zero-order valence-electron chi connectivity index (χ0n) is 15.1. The highest BCUT2D eigenvalue weighted by Crippen LogP contribution is 2.32. The van der Waals surface area contributed by atoms with E-state index in [9.17, 15) is 0 Å². The molecule has 3 aromatic heterocycles. The highest BCUT2D eigenvalue weighted by atomic mass is 16.3. The smallest absolute Gasteiger partial charge is 0.220 e. The minimum Gasteiger partial charge on any atom is -0.461 e. The lowest BCUT2D eigenvalue weighted by Gasteiger charge is -2.30. The number of hydrogen-bond donors (Lipinski definition) is 0. The van der Waals surface area contributed by atoms with E-state index in [1.54, 1.807) is 10.8 Å². The van der Waals surface area contributed by atoms with Crippen LogP contribution in [0.25, 0.3) is 28.0 Å². The zero-order valence-corrected chi connectivity index (χ0v) is 15.1. The third kappa shape index (κ3) is 2.24. The third-order valence-electron chi connectivity index (χ3n) is 5.42. The van der Waals surface area contributed by atoms with Gasteiger partial charge in [-0.05, 0) is 29.7 Å². The lowest BCUT2D eigenvalue weighted by molar-refractivity contribution is 0.574. The van der Waals surface area contributed by atoms with E-state index >= 15 is 0 Å². The fourth-order valence-electron chi connectivity index (χ4n) is 4.03. The van der Waals surface area contributed by atoms with Gasteiger partial charge in [0.05, 0.1) is 6.26 Å². The molecule has 5 aromatic rings. The predicted octanol–water partition coefficient (Wildman–Crippen LogP) is 4.10. The minimum absolute atomic E-state index is 0.615. The molecule has 6 rings (SSSR count). The van der Waals surface area contributed by atoms with Crippen molar-refractivity contribution in [2.75, 3.05) is 11.4 Å². The Balaban J connectivity index is 1.58.